The fourth-order valence-electron chi connectivity index (χ4n) is 2.99. The van der Waals surface area contributed by atoms with Crippen LogP contribution in [-0.2, 0) is 4.79 Å². The number of hydrogen-bond donors (Lipinski definition) is 0. The van der Waals surface area contributed by atoms with Crippen LogP contribution < -0.4 is 56.5 Å². The molecule has 0 atom stereocenters. The van der Waals surface area contributed by atoms with Crippen molar-refractivity contribution >= 4 is 5.97 Å². The summed E-state index contributed by atoms with van der Waals surface area (Å²) in [4.78, 5) is 10.2. The third-order valence-corrected chi connectivity index (χ3v) is 4.48. The second-order valence-electron chi connectivity index (χ2n) is 6.78. The van der Waals surface area contributed by atoms with Gasteiger partial charge in [-0.2, -0.15) is 0 Å². The molecule has 0 bridgehead atoms. The average Bonchev–Trinajstić information content (AvgIpc) is 2.50. The van der Waals surface area contributed by atoms with Crippen LogP contribution in [0.2, 0.25) is 0 Å². The molecule has 0 aromatic heterocycles. The van der Waals surface area contributed by atoms with E-state index in [0.29, 0.717) is 0 Å². The molecular weight excluding hydrogens is 311 g/mol. The van der Waals surface area contributed by atoms with Gasteiger partial charge in [-0.3, -0.25) is 0 Å². The first-order valence-corrected chi connectivity index (χ1v) is 9.97. The van der Waals surface area contributed by atoms with Gasteiger partial charge in [0.05, 0.1) is 0 Å². The second-order valence-corrected chi connectivity index (χ2v) is 6.78. The molecule has 0 heterocycles. The van der Waals surface area contributed by atoms with Crippen LogP contribution in [0.3, 0.4) is 0 Å². The van der Waals surface area contributed by atoms with E-state index in [1.54, 1.807) is 0 Å². The molecule has 0 aliphatic carbocycles. The molecule has 2 nitrogen and oxygen atoms in total. The van der Waals surface area contributed by atoms with Crippen molar-refractivity contribution in [3.8, 4) is 0 Å². The summed E-state index contributed by atoms with van der Waals surface area (Å²) in [6.45, 7) is 2.27. The monoisotopic (exact) mass is 350 g/mol. The Morgan fingerprint density at radius 2 is 0.826 bits per heavy atom. The quantitative estimate of drug-likeness (QED) is 0.282. The van der Waals surface area contributed by atoms with Gasteiger partial charge in [0.1, 0.15) is 0 Å². The third kappa shape index (κ3) is 25.5. The Morgan fingerprint density at radius 1 is 0.565 bits per heavy atom. The summed E-state index contributed by atoms with van der Waals surface area (Å²) in [6.07, 6.45) is 22.8. The molecule has 132 valence electrons. The van der Waals surface area contributed by atoms with Crippen LogP contribution in [-0.4, -0.2) is 5.97 Å². The minimum Gasteiger partial charge on any atom is -0.550 e. The number of hydrogen-bond acceptors (Lipinski definition) is 2. The van der Waals surface area contributed by atoms with E-state index in [-0.39, 0.29) is 57.8 Å². The molecule has 0 N–H and O–H groups in total. The largest absolute Gasteiger partial charge is 1.00 e. The topological polar surface area (TPSA) is 40.1 Å². The van der Waals surface area contributed by atoms with Crippen LogP contribution in [0.4, 0.5) is 0 Å². The fourth-order valence-corrected chi connectivity index (χ4v) is 2.99. The Labute approximate surface area is 188 Å². The summed E-state index contributed by atoms with van der Waals surface area (Å²) in [5.74, 6) is -0.902. The number of aliphatic carboxylic acids is 1. The maximum atomic E-state index is 10.2. The van der Waals surface area contributed by atoms with Gasteiger partial charge in [0, 0.05) is 5.97 Å². The van der Waals surface area contributed by atoms with Crippen LogP contribution in [0.15, 0.2) is 0 Å². The van der Waals surface area contributed by atoms with Crippen molar-refractivity contribution in [1.82, 2.24) is 0 Å². The van der Waals surface area contributed by atoms with E-state index in [4.69, 9.17) is 0 Å². The molecule has 0 unspecified atom stereocenters. The molecule has 0 aliphatic rings. The van der Waals surface area contributed by atoms with E-state index in [2.05, 4.69) is 6.92 Å². The van der Waals surface area contributed by atoms with E-state index in [1.165, 1.54) is 96.3 Å². The number of carboxylic acids is 1. The van der Waals surface area contributed by atoms with Crippen LogP contribution in [0.5, 0.6) is 0 Å². The maximum absolute atomic E-state index is 10.2. The van der Waals surface area contributed by atoms with Gasteiger partial charge in [-0.25, -0.2) is 0 Å². The third-order valence-electron chi connectivity index (χ3n) is 4.48. The Balaban J connectivity index is 0. The molecule has 0 aromatic carbocycles. The van der Waals surface area contributed by atoms with Crippen molar-refractivity contribution in [3.05, 3.63) is 0 Å². The van der Waals surface area contributed by atoms with E-state index < -0.39 is 5.97 Å². The van der Waals surface area contributed by atoms with Gasteiger partial charge in [0.25, 0.3) is 0 Å². The van der Waals surface area contributed by atoms with Crippen molar-refractivity contribution in [2.45, 2.75) is 122 Å². The predicted octanol–water partition coefficient (Wildman–Crippen LogP) is 2.78. The van der Waals surface area contributed by atoms with Crippen LogP contribution in [0.25, 0.3) is 0 Å². The van der Waals surface area contributed by atoms with Gasteiger partial charge >= 0.3 is 51.4 Å². The summed E-state index contributed by atoms with van der Waals surface area (Å²) >= 11 is 0. The van der Waals surface area contributed by atoms with Crippen LogP contribution in [0.1, 0.15) is 122 Å². The minimum absolute atomic E-state index is 0. The normalized spacial score (nSPS) is 10.5. The number of rotatable bonds is 18. The Hall–Kier alpha value is 1.11. The van der Waals surface area contributed by atoms with E-state index in [1.807, 2.05) is 0 Å². The SMILES string of the molecule is CCCCCCCCCCCCCCCCCCCC(=O)[O-].[K+]. The summed E-state index contributed by atoms with van der Waals surface area (Å²) < 4.78 is 0. The molecule has 23 heavy (non-hydrogen) atoms. The molecule has 0 radical (unpaired) electrons. The van der Waals surface area contributed by atoms with Gasteiger partial charge in [0.2, 0.25) is 0 Å². The minimum atomic E-state index is -0.902. The Bertz CT molecular complexity index is 232. The smallest absolute Gasteiger partial charge is 0.550 e. The van der Waals surface area contributed by atoms with E-state index >= 15 is 0 Å². The van der Waals surface area contributed by atoms with Gasteiger partial charge in [-0.05, 0) is 12.8 Å². The molecule has 0 fully saturated rings. The van der Waals surface area contributed by atoms with Crippen molar-refractivity contribution in [2.75, 3.05) is 0 Å². The summed E-state index contributed by atoms with van der Waals surface area (Å²) in [5.41, 5.74) is 0. The van der Waals surface area contributed by atoms with Crippen molar-refractivity contribution < 1.29 is 61.3 Å². The van der Waals surface area contributed by atoms with Crippen LogP contribution in [0, 0.1) is 0 Å². The Kier molecular flexibility index (Phi) is 26.5. The number of unbranched alkanes of at least 4 members (excludes halogenated alkanes) is 16. The van der Waals surface area contributed by atoms with Crippen LogP contribution >= 0.6 is 0 Å². The molecule has 0 spiro atoms. The van der Waals surface area contributed by atoms with Crippen molar-refractivity contribution in [3.63, 3.8) is 0 Å². The fraction of sp³-hybridized carbons (Fsp3) is 0.950. The first-order chi connectivity index (χ1) is 10.8. The first kappa shape index (κ1) is 26.3. The second kappa shape index (κ2) is 23.1. The molecule has 0 saturated heterocycles. The predicted molar refractivity (Wildman–Crippen MR) is 93.8 cm³/mol. The molecular formula is C20H39KO2. The summed E-state index contributed by atoms with van der Waals surface area (Å²) in [5, 5.41) is 10.2. The van der Waals surface area contributed by atoms with Gasteiger partial charge in [0.15, 0.2) is 0 Å². The van der Waals surface area contributed by atoms with Gasteiger partial charge in [-0.1, -0.05) is 110 Å². The molecule has 0 aromatic rings. The standard InChI is InChI=1S/C20H40O2.K/c1-2-3-4-5-6-7-8-9-10-11-12-13-14-15-16-17-18-19-20(21)22;/h2-19H2,1H3,(H,21,22);/q;+1/p-1. The zero-order valence-electron chi connectivity index (χ0n) is 16.0. The molecule has 0 amide bonds. The molecule has 0 aliphatic heterocycles. The summed E-state index contributed by atoms with van der Waals surface area (Å²) in [6, 6.07) is 0. The average molecular weight is 351 g/mol. The zero-order valence-corrected chi connectivity index (χ0v) is 19.2. The Morgan fingerprint density at radius 3 is 1.09 bits per heavy atom. The van der Waals surface area contributed by atoms with E-state index in [9.17, 15) is 9.90 Å². The maximum Gasteiger partial charge on any atom is 1.00 e. The molecule has 0 rings (SSSR count). The number of carboxylic acid groups (broad SMARTS) is 1. The zero-order chi connectivity index (χ0) is 16.3. The van der Waals surface area contributed by atoms with Gasteiger partial charge in [-0.15, -0.1) is 0 Å². The first-order valence-electron chi connectivity index (χ1n) is 9.97. The number of carbonyl (C=O) groups excluding carboxylic acids is 1. The summed E-state index contributed by atoms with van der Waals surface area (Å²) in [7, 11) is 0. The van der Waals surface area contributed by atoms with E-state index in [0.717, 1.165) is 12.8 Å². The van der Waals surface area contributed by atoms with Gasteiger partial charge < -0.3 is 9.90 Å². The molecule has 3 heteroatoms. The van der Waals surface area contributed by atoms with Crippen molar-refractivity contribution in [1.29, 1.82) is 0 Å². The van der Waals surface area contributed by atoms with Crippen molar-refractivity contribution in [2.24, 2.45) is 0 Å². The molecule has 0 saturated carbocycles. The number of carbonyl (C=O) groups is 1.